The molecule has 1 aliphatic rings. The van der Waals surface area contributed by atoms with Crippen LogP contribution in [0.5, 0.6) is 0 Å². The number of rotatable bonds is 5. The quantitative estimate of drug-likeness (QED) is 0.686. The van der Waals surface area contributed by atoms with Gasteiger partial charge in [0, 0.05) is 36.2 Å². The van der Waals surface area contributed by atoms with Gasteiger partial charge in [0.25, 0.3) is 5.22 Å². The van der Waals surface area contributed by atoms with Crippen LogP contribution in [0, 0.1) is 0 Å². The van der Waals surface area contributed by atoms with Crippen molar-refractivity contribution in [2.24, 2.45) is 0 Å². The number of nitrogens with zero attached hydrogens (tertiary/aromatic N) is 4. The fourth-order valence-electron chi connectivity index (χ4n) is 2.74. The summed E-state index contributed by atoms with van der Waals surface area (Å²) in [6.07, 6.45) is 0. The molecule has 1 fully saturated rings. The smallest absolute Gasteiger partial charge is 0.277 e. The van der Waals surface area contributed by atoms with E-state index in [-0.39, 0.29) is 11.2 Å². The summed E-state index contributed by atoms with van der Waals surface area (Å²) in [5.74, 6) is 0.586. The van der Waals surface area contributed by atoms with E-state index in [9.17, 15) is 4.79 Å². The van der Waals surface area contributed by atoms with Crippen molar-refractivity contribution in [1.29, 1.82) is 0 Å². The third kappa shape index (κ3) is 4.62. The minimum Gasteiger partial charge on any atom is -0.411 e. The maximum absolute atomic E-state index is 12.6. The SMILES string of the molecule is CCN1CCN(C(=O)[C@@H](C)Sc2nnc(-c3cccc(Br)c3)o2)CC1. The third-order valence-electron chi connectivity index (χ3n) is 4.23. The lowest BCUT2D eigenvalue weighted by Gasteiger charge is -2.35. The zero-order chi connectivity index (χ0) is 17.8. The van der Waals surface area contributed by atoms with E-state index in [2.05, 4.69) is 38.0 Å². The van der Waals surface area contributed by atoms with E-state index in [1.807, 2.05) is 36.1 Å². The molecule has 6 nitrogen and oxygen atoms in total. The van der Waals surface area contributed by atoms with Crippen LogP contribution in [0.3, 0.4) is 0 Å². The van der Waals surface area contributed by atoms with Crippen LogP contribution in [0.25, 0.3) is 11.5 Å². The zero-order valence-corrected chi connectivity index (χ0v) is 16.7. The van der Waals surface area contributed by atoms with Gasteiger partial charge in [-0.2, -0.15) is 0 Å². The maximum atomic E-state index is 12.6. The number of halogens is 1. The summed E-state index contributed by atoms with van der Waals surface area (Å²) < 4.78 is 6.66. The number of thioether (sulfide) groups is 1. The highest BCUT2D eigenvalue weighted by Crippen LogP contribution is 2.28. The lowest BCUT2D eigenvalue weighted by Crippen LogP contribution is -2.50. The van der Waals surface area contributed by atoms with Crippen LogP contribution in [-0.4, -0.2) is 63.9 Å². The van der Waals surface area contributed by atoms with Crippen LogP contribution in [0.1, 0.15) is 13.8 Å². The predicted octanol–water partition coefficient (Wildman–Crippen LogP) is 3.14. The van der Waals surface area contributed by atoms with Gasteiger partial charge in [-0.3, -0.25) is 4.79 Å². The van der Waals surface area contributed by atoms with Crippen LogP contribution in [0.2, 0.25) is 0 Å². The monoisotopic (exact) mass is 424 g/mol. The van der Waals surface area contributed by atoms with Gasteiger partial charge in [0.15, 0.2) is 0 Å². The van der Waals surface area contributed by atoms with Gasteiger partial charge in [-0.1, -0.05) is 40.7 Å². The van der Waals surface area contributed by atoms with E-state index < -0.39 is 0 Å². The first-order chi connectivity index (χ1) is 12.1. The molecule has 0 spiro atoms. The fraction of sp³-hybridized carbons (Fsp3) is 0.471. The fourth-order valence-corrected chi connectivity index (χ4v) is 3.91. The second-order valence-electron chi connectivity index (χ2n) is 5.90. The number of carbonyl (C=O) groups is 1. The molecule has 1 aliphatic heterocycles. The second kappa shape index (κ2) is 8.33. The van der Waals surface area contributed by atoms with Gasteiger partial charge in [-0.25, -0.2) is 0 Å². The number of aromatic nitrogens is 2. The Morgan fingerprint density at radius 1 is 1.32 bits per heavy atom. The van der Waals surface area contributed by atoms with Crippen molar-refractivity contribution in [2.75, 3.05) is 32.7 Å². The van der Waals surface area contributed by atoms with Crippen molar-refractivity contribution in [3.05, 3.63) is 28.7 Å². The zero-order valence-electron chi connectivity index (χ0n) is 14.3. The summed E-state index contributed by atoms with van der Waals surface area (Å²) in [4.78, 5) is 16.9. The lowest BCUT2D eigenvalue weighted by atomic mass is 10.2. The minimum atomic E-state index is -0.246. The molecule has 0 aliphatic carbocycles. The van der Waals surface area contributed by atoms with Crippen LogP contribution < -0.4 is 0 Å². The van der Waals surface area contributed by atoms with Crippen LogP contribution in [0.15, 0.2) is 38.4 Å². The highest BCUT2D eigenvalue weighted by atomic mass is 79.9. The standard InChI is InChI=1S/C17H21BrN4O2S/c1-3-21-7-9-22(10-8-21)16(23)12(2)25-17-20-19-15(24-17)13-5-4-6-14(18)11-13/h4-6,11-12H,3,7-10H2,1-2H3/t12-/m1/s1. The van der Waals surface area contributed by atoms with Gasteiger partial charge in [0.05, 0.1) is 5.25 Å². The molecule has 25 heavy (non-hydrogen) atoms. The topological polar surface area (TPSA) is 62.5 Å². The van der Waals surface area contributed by atoms with Gasteiger partial charge in [0.1, 0.15) is 0 Å². The van der Waals surface area contributed by atoms with Gasteiger partial charge in [0.2, 0.25) is 11.8 Å². The Balaban J connectivity index is 1.60. The molecule has 3 rings (SSSR count). The highest BCUT2D eigenvalue weighted by molar-refractivity contribution is 9.10. The summed E-state index contributed by atoms with van der Waals surface area (Å²) in [6.45, 7) is 8.51. The van der Waals surface area contributed by atoms with Crippen molar-refractivity contribution >= 4 is 33.6 Å². The highest BCUT2D eigenvalue weighted by Gasteiger charge is 2.26. The maximum Gasteiger partial charge on any atom is 0.277 e. The number of benzene rings is 1. The van der Waals surface area contributed by atoms with E-state index in [1.54, 1.807) is 0 Å². The third-order valence-corrected chi connectivity index (χ3v) is 5.65. The molecule has 1 aromatic heterocycles. The van der Waals surface area contributed by atoms with Gasteiger partial charge in [-0.15, -0.1) is 10.2 Å². The molecule has 134 valence electrons. The van der Waals surface area contributed by atoms with Gasteiger partial charge < -0.3 is 14.2 Å². The molecule has 0 N–H and O–H groups in total. The molecule has 1 aromatic carbocycles. The van der Waals surface area contributed by atoms with E-state index >= 15 is 0 Å². The number of hydrogen-bond acceptors (Lipinski definition) is 6. The Bertz CT molecular complexity index is 731. The average molecular weight is 425 g/mol. The first kappa shape index (κ1) is 18.4. The summed E-state index contributed by atoms with van der Waals surface area (Å²) in [5.41, 5.74) is 0.850. The van der Waals surface area contributed by atoms with Crippen molar-refractivity contribution in [3.63, 3.8) is 0 Å². The van der Waals surface area contributed by atoms with Crippen LogP contribution in [-0.2, 0) is 4.79 Å². The van der Waals surface area contributed by atoms with Gasteiger partial charge in [-0.05, 0) is 31.7 Å². The summed E-state index contributed by atoms with van der Waals surface area (Å²) >= 11 is 4.75. The average Bonchev–Trinajstić information content (AvgIpc) is 3.09. The molecule has 0 bridgehead atoms. The molecular formula is C17H21BrN4O2S. The van der Waals surface area contributed by atoms with E-state index in [1.165, 1.54) is 11.8 Å². The Hall–Kier alpha value is -1.38. The number of hydrogen-bond donors (Lipinski definition) is 0. The molecule has 0 radical (unpaired) electrons. The first-order valence-electron chi connectivity index (χ1n) is 8.34. The molecule has 0 unspecified atom stereocenters. The van der Waals surface area contributed by atoms with Crippen LogP contribution >= 0.6 is 27.7 Å². The summed E-state index contributed by atoms with van der Waals surface area (Å²) in [6, 6.07) is 7.69. The molecule has 2 aromatic rings. The number of piperazine rings is 1. The van der Waals surface area contributed by atoms with E-state index in [4.69, 9.17) is 4.42 Å². The van der Waals surface area contributed by atoms with E-state index in [0.717, 1.165) is 42.8 Å². The molecule has 8 heteroatoms. The van der Waals surface area contributed by atoms with Gasteiger partial charge >= 0.3 is 0 Å². The molecule has 0 saturated carbocycles. The number of carbonyl (C=O) groups excluding carboxylic acids is 1. The molecule has 1 amide bonds. The predicted molar refractivity (Wildman–Crippen MR) is 101 cm³/mol. The van der Waals surface area contributed by atoms with Crippen molar-refractivity contribution in [2.45, 2.75) is 24.3 Å². The first-order valence-corrected chi connectivity index (χ1v) is 10.0. The second-order valence-corrected chi connectivity index (χ2v) is 8.11. The minimum absolute atomic E-state index is 0.128. The normalized spacial score (nSPS) is 16.8. The molecule has 1 saturated heterocycles. The Morgan fingerprint density at radius 3 is 2.76 bits per heavy atom. The summed E-state index contributed by atoms with van der Waals surface area (Å²) in [5, 5.41) is 8.32. The number of amides is 1. The molecular weight excluding hydrogens is 404 g/mol. The van der Waals surface area contributed by atoms with Crippen LogP contribution in [0.4, 0.5) is 0 Å². The van der Waals surface area contributed by atoms with Crippen molar-refractivity contribution < 1.29 is 9.21 Å². The Labute approximate surface area is 160 Å². The lowest BCUT2D eigenvalue weighted by molar-refractivity contribution is -0.132. The van der Waals surface area contributed by atoms with Crippen molar-refractivity contribution in [3.8, 4) is 11.5 Å². The number of likely N-dealkylation sites (N-methyl/N-ethyl adjacent to an activating group) is 1. The molecule has 2 heterocycles. The molecule has 1 atom stereocenters. The Morgan fingerprint density at radius 2 is 2.08 bits per heavy atom. The van der Waals surface area contributed by atoms with E-state index in [0.29, 0.717) is 11.1 Å². The largest absolute Gasteiger partial charge is 0.411 e. The van der Waals surface area contributed by atoms with Crippen molar-refractivity contribution in [1.82, 2.24) is 20.0 Å². The Kier molecular flexibility index (Phi) is 6.14. The summed E-state index contributed by atoms with van der Waals surface area (Å²) in [7, 11) is 0.